The molecule has 0 nitrogen and oxygen atoms in total. The Morgan fingerprint density at radius 1 is 1.00 bits per heavy atom. The third kappa shape index (κ3) is 8.97. The zero-order valence-corrected chi connectivity index (χ0v) is 15.9. The van der Waals surface area contributed by atoms with Crippen LogP contribution >= 0.6 is 0 Å². The van der Waals surface area contributed by atoms with Crippen LogP contribution in [0.25, 0.3) is 0 Å². The molecule has 0 fully saturated rings. The van der Waals surface area contributed by atoms with E-state index in [9.17, 15) is 0 Å². The minimum Gasteiger partial charge on any atom is 0 e. The van der Waals surface area contributed by atoms with E-state index in [1.165, 1.54) is 0 Å². The van der Waals surface area contributed by atoms with Crippen LogP contribution in [0, 0.1) is 0 Å². The number of rotatable bonds is 0. The second-order valence-electron chi connectivity index (χ2n) is 0. The summed E-state index contributed by atoms with van der Waals surface area (Å²) in [5, 5.41) is 0. The largest absolute Gasteiger partial charge is 0 e. The molecular weight excluding hydrogens is 604 g/mol. The van der Waals surface area contributed by atoms with Gasteiger partial charge in [0.25, 0.3) is 0 Å². The standard InChI is InChI=1S/As.Hg.Pb.Sb. The van der Waals surface area contributed by atoms with Gasteiger partial charge in [0.15, 0.2) is 0 Å². The van der Waals surface area contributed by atoms with E-state index >= 15 is 0 Å². The Morgan fingerprint density at radius 2 is 1.00 bits per heavy atom. The Bertz CT molecular complexity index is 8.00. The average Bonchev–Trinajstić information content (AvgIpc) is 0. The van der Waals surface area contributed by atoms with Crippen molar-refractivity contribution in [3.05, 3.63) is 0 Å². The minimum atomic E-state index is 0. The summed E-state index contributed by atoms with van der Waals surface area (Å²) in [5.41, 5.74) is 0. The first-order valence-corrected chi connectivity index (χ1v) is 0. The minimum absolute atomic E-state index is 0. The molecule has 0 rings (SSSR count). The summed E-state index contributed by atoms with van der Waals surface area (Å²) in [7, 11) is 0. The van der Waals surface area contributed by atoms with Gasteiger partial charge in [-0.2, -0.15) is 0 Å². The van der Waals surface area contributed by atoms with Crippen LogP contribution in [-0.2, 0) is 27.7 Å². The van der Waals surface area contributed by atoms with Crippen molar-refractivity contribution in [3.63, 3.8) is 0 Å². The molecule has 0 saturated carbocycles. The fraction of sp³-hybridized carbons (Fsp3) is 0. The Morgan fingerprint density at radius 3 is 1.00 bits per heavy atom. The predicted octanol–water partition coefficient (Wildman–Crippen LogP) is -1.14. The van der Waals surface area contributed by atoms with Crippen LogP contribution in [0.15, 0.2) is 0 Å². The molecule has 0 heterocycles. The average molecular weight is 604 g/mol. The predicted molar refractivity (Wildman–Crippen MR) is 17.3 cm³/mol. The first-order chi connectivity index (χ1) is 0. The molecule has 0 atom stereocenters. The van der Waals surface area contributed by atoms with Gasteiger partial charge in [0.05, 0.1) is 0 Å². The van der Waals surface area contributed by atoms with Crippen molar-refractivity contribution in [2.24, 2.45) is 0 Å². The van der Waals surface area contributed by atoms with E-state index in [0.717, 1.165) is 0 Å². The van der Waals surface area contributed by atoms with Crippen LogP contribution in [0.5, 0.6) is 0 Å². The second-order valence-corrected chi connectivity index (χ2v) is 0. The Balaban J connectivity index is 0. The van der Waals surface area contributed by atoms with E-state index in [-0.39, 0.29) is 97.3 Å². The molecule has 0 aliphatic rings. The third-order valence-corrected chi connectivity index (χ3v) is 0. The molecule has 0 N–H and O–H groups in total. The van der Waals surface area contributed by atoms with Crippen molar-refractivity contribution >= 4 is 69.7 Å². The van der Waals surface area contributed by atoms with Crippen molar-refractivity contribution in [1.29, 1.82) is 0 Å². The van der Waals surface area contributed by atoms with Crippen molar-refractivity contribution in [3.8, 4) is 0 Å². The molecule has 0 aromatic carbocycles. The Labute approximate surface area is 95.3 Å². The fourth-order valence-electron chi connectivity index (χ4n) is 0. The van der Waals surface area contributed by atoms with Crippen LogP contribution in [0.2, 0.25) is 0 Å². The Kier molecular flexibility index (Phi) is 110. The fourth-order valence-corrected chi connectivity index (χ4v) is 0. The summed E-state index contributed by atoms with van der Waals surface area (Å²) in [4.78, 5) is 0. The summed E-state index contributed by atoms with van der Waals surface area (Å²) in [6.45, 7) is 0. The van der Waals surface area contributed by atoms with Crippen LogP contribution < -0.4 is 0 Å². The van der Waals surface area contributed by atoms with Gasteiger partial charge in [-0.15, -0.1) is 0 Å². The summed E-state index contributed by atoms with van der Waals surface area (Å²) >= 11 is 0. The maximum absolute atomic E-state index is 0. The molecule has 4 heteroatoms. The molecule has 4 heavy (non-hydrogen) atoms. The van der Waals surface area contributed by atoms with E-state index in [1.54, 1.807) is 0 Å². The molecule has 0 spiro atoms. The zero-order valence-electron chi connectivity index (χ0n) is 2.10. The van der Waals surface area contributed by atoms with Crippen LogP contribution in [0.1, 0.15) is 0 Å². The third-order valence-electron chi connectivity index (χ3n) is 0. The summed E-state index contributed by atoms with van der Waals surface area (Å²) in [5.74, 6) is 0. The molecule has 0 saturated heterocycles. The zero-order chi connectivity index (χ0) is 0. The summed E-state index contributed by atoms with van der Waals surface area (Å²) in [6.07, 6.45) is 0. The van der Waals surface area contributed by atoms with Crippen molar-refractivity contribution < 1.29 is 27.7 Å². The molecule has 0 bridgehead atoms. The first kappa shape index (κ1) is 26.9. The van der Waals surface area contributed by atoms with Gasteiger partial charge in [0, 0.05) is 97.3 Å². The maximum atomic E-state index is 0. The van der Waals surface area contributed by atoms with Crippen molar-refractivity contribution in [2.45, 2.75) is 0 Å². The first-order valence-electron chi connectivity index (χ1n) is 0. The Hall–Kier alpha value is 3.23. The topological polar surface area (TPSA) is 0 Å². The van der Waals surface area contributed by atoms with Gasteiger partial charge in [0.2, 0.25) is 0 Å². The maximum Gasteiger partial charge on any atom is 0 e. The van der Waals surface area contributed by atoms with E-state index in [1.807, 2.05) is 0 Å². The molecular formula is AsHgPbSb. The van der Waals surface area contributed by atoms with Crippen LogP contribution in [-0.4, -0.2) is 69.7 Å². The van der Waals surface area contributed by atoms with Gasteiger partial charge in [-0.25, -0.2) is 0 Å². The van der Waals surface area contributed by atoms with Gasteiger partial charge in [-0.1, -0.05) is 0 Å². The SMILES string of the molecule is [As].[Hg].[Pb].[Sb]. The van der Waals surface area contributed by atoms with Gasteiger partial charge < -0.3 is 0 Å². The molecule has 0 amide bonds. The summed E-state index contributed by atoms with van der Waals surface area (Å²) < 4.78 is 0. The second kappa shape index (κ2) is 16.3. The molecule has 0 unspecified atom stereocenters. The molecule has 16 valence electrons. The van der Waals surface area contributed by atoms with Crippen LogP contribution in [0.3, 0.4) is 0 Å². The molecule has 0 aliphatic heterocycles. The monoisotopic (exact) mass is 606 g/mol. The molecule has 0 aromatic rings. The van der Waals surface area contributed by atoms with Crippen molar-refractivity contribution in [1.82, 2.24) is 0 Å². The summed E-state index contributed by atoms with van der Waals surface area (Å²) in [6, 6.07) is 0. The van der Waals surface area contributed by atoms with Gasteiger partial charge in [0.1, 0.15) is 0 Å². The number of hydrogen-bond donors (Lipinski definition) is 0. The number of hydrogen-bond acceptors (Lipinski definition) is 0. The molecule has 10 radical (unpaired) electrons. The van der Waals surface area contributed by atoms with E-state index in [2.05, 4.69) is 0 Å². The van der Waals surface area contributed by atoms with Crippen molar-refractivity contribution in [2.75, 3.05) is 0 Å². The van der Waals surface area contributed by atoms with E-state index in [0.29, 0.717) is 0 Å². The molecule has 0 aromatic heterocycles. The van der Waals surface area contributed by atoms with Gasteiger partial charge in [-0.05, 0) is 0 Å². The van der Waals surface area contributed by atoms with E-state index < -0.39 is 0 Å². The molecule has 0 aliphatic carbocycles. The normalized spacial score (nSPS) is 0. The van der Waals surface area contributed by atoms with Crippen LogP contribution in [0.4, 0.5) is 0 Å². The smallest absolute Gasteiger partial charge is 0 e. The van der Waals surface area contributed by atoms with E-state index in [4.69, 9.17) is 0 Å². The quantitative estimate of drug-likeness (QED) is 0.307. The van der Waals surface area contributed by atoms with Gasteiger partial charge >= 0.3 is 0 Å². The van der Waals surface area contributed by atoms with Gasteiger partial charge in [-0.3, -0.25) is 0 Å².